The van der Waals surface area contributed by atoms with Gasteiger partial charge in [0.15, 0.2) is 11.5 Å². The molecule has 1 aliphatic heterocycles. The van der Waals surface area contributed by atoms with Crippen molar-refractivity contribution >= 4 is 5.91 Å². The van der Waals surface area contributed by atoms with E-state index in [0.29, 0.717) is 31.2 Å². The highest BCUT2D eigenvalue weighted by Crippen LogP contribution is 2.27. The van der Waals surface area contributed by atoms with Crippen molar-refractivity contribution in [3.05, 3.63) is 53.6 Å². The third kappa shape index (κ3) is 3.20. The molecule has 0 bridgehead atoms. The molecule has 1 aliphatic rings. The number of carbonyl (C=O) groups excluding carboxylic acids is 1. The first-order chi connectivity index (χ1) is 13.0. The summed E-state index contributed by atoms with van der Waals surface area (Å²) in [7, 11) is 0. The van der Waals surface area contributed by atoms with E-state index in [1.807, 2.05) is 25.1 Å². The number of hydrogen-bond donors (Lipinski definition) is 0. The minimum Gasteiger partial charge on any atom is -0.325 e. The van der Waals surface area contributed by atoms with Gasteiger partial charge in [-0.25, -0.2) is 4.68 Å². The Morgan fingerprint density at radius 1 is 1.22 bits per heavy atom. The monoisotopic (exact) mass is 366 g/mol. The third-order valence-corrected chi connectivity index (χ3v) is 4.80. The van der Waals surface area contributed by atoms with Crippen LogP contribution in [0.15, 0.2) is 30.6 Å². The molecular weight excluding hydrogens is 344 g/mol. The number of fused-ring (bicyclic) bond motifs is 1. The van der Waals surface area contributed by atoms with Crippen molar-refractivity contribution in [2.24, 2.45) is 0 Å². The minimum atomic E-state index is -0.160. The molecule has 9 nitrogen and oxygen atoms in total. The molecule has 1 atom stereocenters. The topological polar surface area (TPSA) is 94.6 Å². The van der Waals surface area contributed by atoms with Crippen LogP contribution in [0.2, 0.25) is 0 Å². The molecule has 4 heterocycles. The van der Waals surface area contributed by atoms with Gasteiger partial charge in [-0.3, -0.25) is 9.78 Å². The molecule has 3 aromatic rings. The molecule has 0 saturated heterocycles. The number of hydrogen-bond acceptors (Lipinski definition) is 6. The second-order valence-corrected chi connectivity index (χ2v) is 7.02. The fourth-order valence-electron chi connectivity index (χ4n) is 3.39. The maximum atomic E-state index is 13.0. The Hall–Kier alpha value is -3.10. The summed E-state index contributed by atoms with van der Waals surface area (Å²) in [6.07, 6.45) is 3.40. The van der Waals surface area contributed by atoms with Gasteiger partial charge in [0.1, 0.15) is 5.82 Å². The third-order valence-electron chi connectivity index (χ3n) is 4.80. The molecule has 0 radical (unpaired) electrons. The van der Waals surface area contributed by atoms with Crippen LogP contribution in [0.5, 0.6) is 0 Å². The van der Waals surface area contributed by atoms with Gasteiger partial charge >= 0.3 is 0 Å². The van der Waals surface area contributed by atoms with Crippen LogP contribution in [0.4, 0.5) is 0 Å². The summed E-state index contributed by atoms with van der Waals surface area (Å²) in [5.41, 5.74) is 1.19. The highest BCUT2D eigenvalue weighted by Gasteiger charge is 2.33. The average molecular weight is 366 g/mol. The van der Waals surface area contributed by atoms with Crippen LogP contribution < -0.4 is 0 Å². The van der Waals surface area contributed by atoms with Gasteiger partial charge in [-0.05, 0) is 19.1 Å². The normalized spacial score (nSPS) is 16.6. The molecule has 0 N–H and O–H groups in total. The van der Waals surface area contributed by atoms with Crippen LogP contribution in [0, 0.1) is 0 Å². The summed E-state index contributed by atoms with van der Waals surface area (Å²) in [5.74, 6) is 1.94. The fraction of sp³-hybridized carbons (Fsp3) is 0.444. The van der Waals surface area contributed by atoms with Crippen molar-refractivity contribution in [3.63, 3.8) is 0 Å². The maximum Gasteiger partial charge on any atom is 0.276 e. The lowest BCUT2D eigenvalue weighted by Gasteiger charge is -2.33. The molecule has 140 valence electrons. The van der Waals surface area contributed by atoms with E-state index in [1.54, 1.807) is 22.0 Å². The summed E-state index contributed by atoms with van der Waals surface area (Å²) >= 11 is 0. The smallest absolute Gasteiger partial charge is 0.276 e. The maximum absolute atomic E-state index is 13.0. The largest absolute Gasteiger partial charge is 0.325 e. The molecule has 27 heavy (non-hydrogen) atoms. The molecule has 0 spiro atoms. The van der Waals surface area contributed by atoms with E-state index >= 15 is 0 Å². The second-order valence-electron chi connectivity index (χ2n) is 7.02. The van der Waals surface area contributed by atoms with Crippen LogP contribution in [-0.2, 0) is 13.1 Å². The molecular formula is C18H22N8O. The standard InChI is InChI=1S/C18H22N8O/c1-12(2)16-21-22-17-13(3)25(8-9-26(16)17)18(27)15-11-24(23-20-15)10-14-6-4-5-7-19-14/h4-7,11-13H,8-10H2,1-3H3. The van der Waals surface area contributed by atoms with Crippen molar-refractivity contribution in [2.75, 3.05) is 6.54 Å². The van der Waals surface area contributed by atoms with Crippen LogP contribution in [-0.4, -0.2) is 52.1 Å². The quantitative estimate of drug-likeness (QED) is 0.697. The van der Waals surface area contributed by atoms with Crippen LogP contribution in [0.1, 0.15) is 60.6 Å². The first-order valence-corrected chi connectivity index (χ1v) is 9.08. The van der Waals surface area contributed by atoms with E-state index in [1.165, 1.54) is 0 Å². The van der Waals surface area contributed by atoms with Crippen LogP contribution in [0.25, 0.3) is 0 Å². The zero-order chi connectivity index (χ0) is 19.0. The number of rotatable bonds is 4. The Morgan fingerprint density at radius 3 is 2.81 bits per heavy atom. The predicted octanol–water partition coefficient (Wildman–Crippen LogP) is 1.65. The van der Waals surface area contributed by atoms with Crippen molar-refractivity contribution < 1.29 is 4.79 Å². The lowest BCUT2D eigenvalue weighted by molar-refractivity contribution is 0.0629. The van der Waals surface area contributed by atoms with E-state index in [0.717, 1.165) is 17.3 Å². The summed E-state index contributed by atoms with van der Waals surface area (Å²) in [6.45, 7) is 7.92. The Kier molecular flexibility index (Phi) is 4.43. The first kappa shape index (κ1) is 17.3. The first-order valence-electron chi connectivity index (χ1n) is 9.08. The van der Waals surface area contributed by atoms with Gasteiger partial charge in [-0.1, -0.05) is 25.1 Å². The molecule has 1 unspecified atom stereocenters. The van der Waals surface area contributed by atoms with Gasteiger partial charge in [-0.2, -0.15) is 0 Å². The van der Waals surface area contributed by atoms with E-state index in [-0.39, 0.29) is 11.9 Å². The molecule has 1 amide bonds. The van der Waals surface area contributed by atoms with Crippen molar-refractivity contribution in [3.8, 4) is 0 Å². The van der Waals surface area contributed by atoms with Crippen molar-refractivity contribution in [1.82, 2.24) is 39.6 Å². The van der Waals surface area contributed by atoms with E-state index < -0.39 is 0 Å². The van der Waals surface area contributed by atoms with Crippen molar-refractivity contribution in [1.29, 1.82) is 0 Å². The Labute approximate surface area is 157 Å². The minimum absolute atomic E-state index is 0.143. The molecule has 4 rings (SSSR count). The van der Waals surface area contributed by atoms with Gasteiger partial charge in [0, 0.05) is 25.2 Å². The van der Waals surface area contributed by atoms with Crippen LogP contribution in [0.3, 0.4) is 0 Å². The molecule has 0 aromatic carbocycles. The van der Waals surface area contributed by atoms with Gasteiger partial charge in [0.25, 0.3) is 5.91 Å². The van der Waals surface area contributed by atoms with Gasteiger partial charge < -0.3 is 9.47 Å². The second kappa shape index (κ2) is 6.90. The van der Waals surface area contributed by atoms with Crippen LogP contribution >= 0.6 is 0 Å². The molecule has 0 aliphatic carbocycles. The predicted molar refractivity (Wildman–Crippen MR) is 96.9 cm³/mol. The number of amides is 1. The molecule has 0 saturated carbocycles. The molecule has 0 fully saturated rings. The number of aromatic nitrogens is 7. The number of carbonyl (C=O) groups is 1. The molecule has 3 aromatic heterocycles. The lowest BCUT2D eigenvalue weighted by Crippen LogP contribution is -2.41. The Balaban J connectivity index is 1.52. The summed E-state index contributed by atoms with van der Waals surface area (Å²) in [4.78, 5) is 19.0. The zero-order valence-electron chi connectivity index (χ0n) is 15.6. The van der Waals surface area contributed by atoms with E-state index in [2.05, 4.69) is 43.9 Å². The fourth-order valence-corrected chi connectivity index (χ4v) is 3.39. The summed E-state index contributed by atoms with van der Waals surface area (Å²) in [5, 5.41) is 16.7. The Morgan fingerprint density at radius 2 is 2.07 bits per heavy atom. The highest BCUT2D eigenvalue weighted by molar-refractivity contribution is 5.92. The van der Waals surface area contributed by atoms with E-state index in [4.69, 9.17) is 0 Å². The molecule has 9 heteroatoms. The number of nitrogens with zero attached hydrogens (tertiary/aromatic N) is 8. The average Bonchev–Trinajstić information content (AvgIpc) is 3.30. The lowest BCUT2D eigenvalue weighted by atomic mass is 10.1. The number of pyridine rings is 1. The van der Waals surface area contributed by atoms with E-state index in [9.17, 15) is 4.79 Å². The van der Waals surface area contributed by atoms with Gasteiger partial charge in [0.2, 0.25) is 0 Å². The SMILES string of the molecule is CC(C)c1nnc2n1CCN(C(=O)c1cn(Cc3ccccn3)nn1)C2C. The zero-order valence-corrected chi connectivity index (χ0v) is 15.6. The van der Waals surface area contributed by atoms with Gasteiger partial charge in [-0.15, -0.1) is 15.3 Å². The van der Waals surface area contributed by atoms with Gasteiger partial charge in [0.05, 0.1) is 24.5 Å². The summed E-state index contributed by atoms with van der Waals surface area (Å²) in [6, 6.07) is 5.53. The Bertz CT molecular complexity index is 945. The van der Waals surface area contributed by atoms with Crippen molar-refractivity contribution in [2.45, 2.75) is 45.8 Å². The summed E-state index contributed by atoms with van der Waals surface area (Å²) < 4.78 is 3.75. The highest BCUT2D eigenvalue weighted by atomic mass is 16.2.